The van der Waals surface area contributed by atoms with E-state index in [-0.39, 0.29) is 17.0 Å². The van der Waals surface area contributed by atoms with E-state index in [9.17, 15) is 22.8 Å². The van der Waals surface area contributed by atoms with Crippen molar-refractivity contribution < 1.29 is 22.7 Å². The molecule has 0 spiro atoms. The van der Waals surface area contributed by atoms with Crippen LogP contribution in [-0.2, 0) is 20.2 Å². The van der Waals surface area contributed by atoms with Gasteiger partial charge in [0, 0.05) is 47.7 Å². The van der Waals surface area contributed by atoms with Crippen molar-refractivity contribution in [3.8, 4) is 11.4 Å². The standard InChI is InChI=1S/C29H34N4O7S/c1-29(2,3)24-18-22(33-11-10-25(34)30-28(33)36)16-20(26(24)39-4)7-6-19-8-9-21(31-41(5,37)38)17-23(19)27(35)32-12-14-40-15-13-32/h6-11,16-18,31H,12-15H2,1-5H3,(H,30,34,36)/b7-6+. The lowest BCUT2D eigenvalue weighted by atomic mass is 9.84. The van der Waals surface area contributed by atoms with Gasteiger partial charge in [-0.2, -0.15) is 0 Å². The fraction of sp³-hybridized carbons (Fsp3) is 0.345. The Bertz CT molecular complexity index is 1710. The smallest absolute Gasteiger partial charge is 0.332 e. The molecule has 0 radical (unpaired) electrons. The van der Waals surface area contributed by atoms with E-state index in [0.717, 1.165) is 11.8 Å². The number of aromatic nitrogens is 2. The van der Waals surface area contributed by atoms with Crippen molar-refractivity contribution >= 4 is 33.8 Å². The number of carbonyl (C=O) groups is 1. The summed E-state index contributed by atoms with van der Waals surface area (Å²) in [6.07, 6.45) is 5.99. The lowest BCUT2D eigenvalue weighted by Gasteiger charge is -2.27. The largest absolute Gasteiger partial charge is 0.496 e. The molecule has 12 heteroatoms. The molecule has 1 aliphatic heterocycles. The minimum Gasteiger partial charge on any atom is -0.496 e. The van der Waals surface area contributed by atoms with Crippen molar-refractivity contribution in [1.82, 2.24) is 14.5 Å². The van der Waals surface area contributed by atoms with E-state index in [1.807, 2.05) is 26.8 Å². The maximum atomic E-state index is 13.5. The second kappa shape index (κ2) is 11.8. The molecule has 218 valence electrons. The van der Waals surface area contributed by atoms with Gasteiger partial charge in [0.25, 0.3) is 11.5 Å². The Kier molecular flexibility index (Phi) is 8.55. The highest BCUT2D eigenvalue weighted by Gasteiger charge is 2.24. The van der Waals surface area contributed by atoms with Crippen LogP contribution in [0.4, 0.5) is 5.69 Å². The normalized spacial score (nSPS) is 14.3. The Labute approximate surface area is 238 Å². The van der Waals surface area contributed by atoms with Crippen LogP contribution in [-0.4, -0.2) is 68.4 Å². The predicted molar refractivity (Wildman–Crippen MR) is 158 cm³/mol. The molecular weight excluding hydrogens is 548 g/mol. The van der Waals surface area contributed by atoms with Gasteiger partial charge >= 0.3 is 5.69 Å². The number of methoxy groups -OCH3 is 1. The van der Waals surface area contributed by atoms with Crippen LogP contribution in [0.2, 0.25) is 0 Å². The van der Waals surface area contributed by atoms with Crippen molar-refractivity contribution in [2.75, 3.05) is 44.4 Å². The molecule has 4 rings (SSSR count). The van der Waals surface area contributed by atoms with E-state index in [1.165, 1.54) is 22.9 Å². The molecule has 1 aliphatic rings. The third kappa shape index (κ3) is 7.14. The van der Waals surface area contributed by atoms with Gasteiger partial charge < -0.3 is 14.4 Å². The molecule has 1 saturated heterocycles. The van der Waals surface area contributed by atoms with E-state index in [2.05, 4.69) is 9.71 Å². The number of ether oxygens (including phenoxy) is 2. The Morgan fingerprint density at radius 3 is 2.34 bits per heavy atom. The van der Waals surface area contributed by atoms with Crippen LogP contribution >= 0.6 is 0 Å². The average molecular weight is 583 g/mol. The highest BCUT2D eigenvalue weighted by Crippen LogP contribution is 2.37. The summed E-state index contributed by atoms with van der Waals surface area (Å²) in [6, 6.07) is 9.65. The summed E-state index contributed by atoms with van der Waals surface area (Å²) in [7, 11) is -1.99. The van der Waals surface area contributed by atoms with E-state index in [0.29, 0.717) is 54.4 Å². The van der Waals surface area contributed by atoms with Crippen molar-refractivity contribution in [3.63, 3.8) is 0 Å². The van der Waals surface area contributed by atoms with E-state index in [1.54, 1.807) is 42.4 Å². The number of carbonyl (C=O) groups excluding carboxylic acids is 1. The van der Waals surface area contributed by atoms with Crippen molar-refractivity contribution in [2.45, 2.75) is 26.2 Å². The first-order valence-electron chi connectivity index (χ1n) is 13.0. The summed E-state index contributed by atoms with van der Waals surface area (Å²) in [5.74, 6) is 0.340. The first-order chi connectivity index (χ1) is 19.3. The molecule has 0 atom stereocenters. The molecule has 0 bridgehead atoms. The van der Waals surface area contributed by atoms with E-state index >= 15 is 0 Å². The van der Waals surface area contributed by atoms with Crippen LogP contribution < -0.4 is 20.7 Å². The summed E-state index contributed by atoms with van der Waals surface area (Å²) in [5.41, 5.74) is 1.69. The van der Waals surface area contributed by atoms with Gasteiger partial charge in [-0.1, -0.05) is 39.0 Å². The summed E-state index contributed by atoms with van der Waals surface area (Å²) in [5, 5.41) is 0. The maximum Gasteiger partial charge on any atom is 0.332 e. The summed E-state index contributed by atoms with van der Waals surface area (Å²) >= 11 is 0. The van der Waals surface area contributed by atoms with Crippen LogP contribution in [0.25, 0.3) is 17.8 Å². The van der Waals surface area contributed by atoms with Gasteiger partial charge in [-0.25, -0.2) is 13.2 Å². The topological polar surface area (TPSA) is 140 Å². The fourth-order valence-corrected chi connectivity index (χ4v) is 5.14. The first kappa shape index (κ1) is 29.8. The van der Waals surface area contributed by atoms with Crippen LogP contribution in [0, 0.1) is 0 Å². The molecule has 0 aliphatic carbocycles. The van der Waals surface area contributed by atoms with E-state index in [4.69, 9.17) is 9.47 Å². The number of amides is 1. The zero-order valence-electron chi connectivity index (χ0n) is 23.7. The molecule has 1 fully saturated rings. The van der Waals surface area contributed by atoms with Crippen LogP contribution in [0.3, 0.4) is 0 Å². The zero-order valence-corrected chi connectivity index (χ0v) is 24.5. The number of rotatable bonds is 7. The average Bonchev–Trinajstić information content (AvgIpc) is 2.90. The number of H-pyrrole nitrogens is 1. The molecule has 2 aromatic carbocycles. The minimum atomic E-state index is -3.56. The molecule has 0 saturated carbocycles. The van der Waals surface area contributed by atoms with Gasteiger partial charge in [0.05, 0.1) is 32.3 Å². The number of morpholine rings is 1. The van der Waals surface area contributed by atoms with Crippen LogP contribution in [0.5, 0.6) is 5.75 Å². The SMILES string of the molecule is COc1c(/C=C/c2ccc(NS(C)(=O)=O)cc2C(=O)N2CCOCC2)cc(-n2ccc(=O)[nH]c2=O)cc1C(C)(C)C. The monoisotopic (exact) mass is 582 g/mol. The number of hydrogen-bond donors (Lipinski definition) is 2. The van der Waals surface area contributed by atoms with Crippen LogP contribution in [0.15, 0.2) is 52.2 Å². The molecule has 1 aromatic heterocycles. The number of aromatic amines is 1. The number of hydrogen-bond acceptors (Lipinski definition) is 7. The molecule has 3 aromatic rings. The van der Waals surface area contributed by atoms with Crippen molar-refractivity contribution in [1.29, 1.82) is 0 Å². The first-order valence-corrected chi connectivity index (χ1v) is 14.9. The number of nitrogens with one attached hydrogen (secondary N) is 2. The Morgan fingerprint density at radius 2 is 1.73 bits per heavy atom. The van der Waals surface area contributed by atoms with Crippen LogP contribution in [0.1, 0.15) is 47.8 Å². The highest BCUT2D eigenvalue weighted by atomic mass is 32.2. The molecule has 2 heterocycles. The molecule has 41 heavy (non-hydrogen) atoms. The predicted octanol–water partition coefficient (Wildman–Crippen LogP) is 2.85. The van der Waals surface area contributed by atoms with Gasteiger partial charge in [-0.3, -0.25) is 23.9 Å². The minimum absolute atomic E-state index is 0.249. The zero-order chi connectivity index (χ0) is 29.9. The van der Waals surface area contributed by atoms with Gasteiger partial charge in [0.1, 0.15) is 5.75 Å². The lowest BCUT2D eigenvalue weighted by Crippen LogP contribution is -2.41. The number of sulfonamides is 1. The molecule has 11 nitrogen and oxygen atoms in total. The molecule has 2 N–H and O–H groups in total. The summed E-state index contributed by atoms with van der Waals surface area (Å²) < 4.78 is 38.7. The number of anilines is 1. The van der Waals surface area contributed by atoms with E-state index < -0.39 is 21.3 Å². The lowest BCUT2D eigenvalue weighted by molar-refractivity contribution is 0.0303. The number of benzene rings is 2. The Balaban J connectivity index is 1.86. The molecule has 1 amide bonds. The summed E-state index contributed by atoms with van der Waals surface area (Å²) in [4.78, 5) is 41.7. The maximum absolute atomic E-state index is 13.5. The molecule has 0 unspecified atom stereocenters. The van der Waals surface area contributed by atoms with Gasteiger partial charge in [0.15, 0.2) is 0 Å². The van der Waals surface area contributed by atoms with Crippen molar-refractivity contribution in [3.05, 3.63) is 85.7 Å². The highest BCUT2D eigenvalue weighted by molar-refractivity contribution is 7.92. The molecular formula is C29H34N4O7S. The van der Waals surface area contributed by atoms with Crippen molar-refractivity contribution in [2.24, 2.45) is 0 Å². The van der Waals surface area contributed by atoms with Gasteiger partial charge in [-0.15, -0.1) is 0 Å². The fourth-order valence-electron chi connectivity index (χ4n) is 4.58. The summed E-state index contributed by atoms with van der Waals surface area (Å²) in [6.45, 7) is 7.73. The Morgan fingerprint density at radius 1 is 1.05 bits per heavy atom. The number of nitrogens with zero attached hydrogens (tertiary/aromatic N) is 2. The van der Waals surface area contributed by atoms with Gasteiger partial charge in [-0.05, 0) is 35.2 Å². The second-order valence-corrected chi connectivity index (χ2v) is 12.5. The Hall–Kier alpha value is -4.16. The third-order valence-electron chi connectivity index (χ3n) is 6.54. The second-order valence-electron chi connectivity index (χ2n) is 10.8. The van der Waals surface area contributed by atoms with Gasteiger partial charge in [0.2, 0.25) is 10.0 Å². The third-order valence-corrected chi connectivity index (χ3v) is 7.15. The quantitative estimate of drug-likeness (QED) is 0.408.